The van der Waals surface area contributed by atoms with E-state index in [0.717, 1.165) is 43.8 Å². The third-order valence-corrected chi connectivity index (χ3v) is 6.29. The Hall–Kier alpha value is -2.68. The summed E-state index contributed by atoms with van der Waals surface area (Å²) in [6.45, 7) is 15.0. The molecule has 1 fully saturated rings. The van der Waals surface area contributed by atoms with Crippen LogP contribution < -0.4 is 5.73 Å². The van der Waals surface area contributed by atoms with Crippen LogP contribution in [0.2, 0.25) is 0 Å². The number of carbonyl (C=O) groups excluding carboxylic acids is 2. The number of hydrogen-bond acceptors (Lipinski definition) is 4. The molecule has 2 rings (SSSR count). The van der Waals surface area contributed by atoms with E-state index in [0.29, 0.717) is 17.3 Å². The summed E-state index contributed by atoms with van der Waals surface area (Å²) in [6.07, 6.45) is 4.17. The van der Waals surface area contributed by atoms with Gasteiger partial charge in [-0.15, -0.1) is 0 Å². The molecule has 0 radical (unpaired) electrons. The Balaban J connectivity index is 0.000000366. The van der Waals surface area contributed by atoms with Gasteiger partial charge < -0.3 is 10.6 Å². The van der Waals surface area contributed by atoms with Crippen molar-refractivity contribution in [1.82, 2.24) is 4.90 Å². The van der Waals surface area contributed by atoms with Gasteiger partial charge in [-0.2, -0.15) is 5.26 Å². The first-order valence-electron chi connectivity index (χ1n) is 12.0. The summed E-state index contributed by atoms with van der Waals surface area (Å²) in [5.74, 6) is 1.69. The van der Waals surface area contributed by atoms with Crippen LogP contribution in [0.25, 0.3) is 0 Å². The molecular weight excluding hydrogens is 412 g/mol. The molecule has 0 aromatic heterocycles. The maximum atomic E-state index is 12.5. The smallest absolute Gasteiger partial charge is 0.253 e. The lowest BCUT2D eigenvalue weighted by Crippen LogP contribution is -2.38. The van der Waals surface area contributed by atoms with E-state index in [1.54, 1.807) is 13.8 Å². The lowest BCUT2D eigenvalue weighted by atomic mass is 9.88. The minimum atomic E-state index is -0.632. The molecule has 2 atom stereocenters. The Kier molecular flexibility index (Phi) is 11.3. The van der Waals surface area contributed by atoms with Crippen molar-refractivity contribution >= 4 is 17.5 Å². The van der Waals surface area contributed by atoms with E-state index in [2.05, 4.69) is 31.8 Å². The van der Waals surface area contributed by atoms with E-state index in [1.165, 1.54) is 6.42 Å². The van der Waals surface area contributed by atoms with Crippen molar-refractivity contribution in [2.45, 2.75) is 85.6 Å². The predicted molar refractivity (Wildman–Crippen MR) is 135 cm³/mol. The van der Waals surface area contributed by atoms with E-state index >= 15 is 0 Å². The highest BCUT2D eigenvalue weighted by atomic mass is 16.2. The molecule has 6 heteroatoms. The average molecular weight is 455 g/mol. The first kappa shape index (κ1) is 28.4. The molecule has 0 saturated carbocycles. The molecule has 1 aromatic carbocycles. The monoisotopic (exact) mass is 454 g/mol. The number of hydrogen-bond donors (Lipinski definition) is 1. The van der Waals surface area contributed by atoms with Crippen LogP contribution in [0, 0.1) is 23.2 Å². The second kappa shape index (κ2) is 13.1. The van der Waals surface area contributed by atoms with Gasteiger partial charge in [-0.1, -0.05) is 39.3 Å². The molecule has 1 saturated heterocycles. The molecule has 33 heavy (non-hydrogen) atoms. The summed E-state index contributed by atoms with van der Waals surface area (Å²) in [5.41, 5.74) is 6.48. The molecule has 1 heterocycles. The van der Waals surface area contributed by atoms with Crippen LogP contribution in [-0.2, 0) is 4.79 Å². The molecule has 0 aliphatic carbocycles. The van der Waals surface area contributed by atoms with E-state index in [1.807, 2.05) is 43.0 Å². The van der Waals surface area contributed by atoms with Gasteiger partial charge in [0.15, 0.2) is 5.78 Å². The number of aliphatic imine (C=N–C) groups is 1. The normalized spacial score (nSPS) is 17.4. The average Bonchev–Trinajstić information content (AvgIpc) is 2.77. The molecule has 0 bridgehead atoms. The molecular formula is C27H42N4O2. The fourth-order valence-electron chi connectivity index (χ4n) is 4.19. The minimum Gasteiger partial charge on any atom is -0.388 e. The SMILES string of the molecule is CC(=O)C(C)(CC(C)C)N=C(C)N.CCC1CCN(C(=O)c2cccc(C(C)C#N)c2)CC1. The quantitative estimate of drug-likeness (QED) is 0.444. The van der Waals surface area contributed by atoms with Crippen molar-refractivity contribution in [2.75, 3.05) is 13.1 Å². The summed E-state index contributed by atoms with van der Waals surface area (Å²) in [7, 11) is 0. The number of ketones is 1. The first-order chi connectivity index (χ1) is 15.4. The highest BCUT2D eigenvalue weighted by molar-refractivity contribution is 5.94. The predicted octanol–water partition coefficient (Wildman–Crippen LogP) is 5.33. The van der Waals surface area contributed by atoms with Crippen molar-refractivity contribution < 1.29 is 9.59 Å². The van der Waals surface area contributed by atoms with Gasteiger partial charge in [-0.3, -0.25) is 14.6 Å². The molecule has 1 amide bonds. The zero-order valence-electron chi connectivity index (χ0n) is 21.5. The second-order valence-electron chi connectivity index (χ2n) is 9.80. The maximum absolute atomic E-state index is 12.5. The number of nitrogens with two attached hydrogens (primary N) is 1. The molecule has 6 nitrogen and oxygen atoms in total. The van der Waals surface area contributed by atoms with E-state index in [4.69, 9.17) is 11.0 Å². The van der Waals surface area contributed by atoms with E-state index in [-0.39, 0.29) is 17.6 Å². The van der Waals surface area contributed by atoms with Crippen molar-refractivity contribution in [3.05, 3.63) is 35.4 Å². The van der Waals surface area contributed by atoms with Crippen LogP contribution in [0.1, 0.15) is 96.0 Å². The summed E-state index contributed by atoms with van der Waals surface area (Å²) < 4.78 is 0. The van der Waals surface area contributed by atoms with Crippen LogP contribution in [0.3, 0.4) is 0 Å². The first-order valence-corrected chi connectivity index (χ1v) is 12.0. The molecule has 1 aromatic rings. The number of likely N-dealkylation sites (tertiary alicyclic amines) is 1. The summed E-state index contributed by atoms with van der Waals surface area (Å²) >= 11 is 0. The van der Waals surface area contributed by atoms with Gasteiger partial charge in [0.05, 0.1) is 17.8 Å². The zero-order valence-corrected chi connectivity index (χ0v) is 21.5. The van der Waals surface area contributed by atoms with Gasteiger partial charge >= 0.3 is 0 Å². The number of Topliss-reactive ketones (excluding diaryl/α,β-unsaturated/α-hetero) is 1. The van der Waals surface area contributed by atoms with Crippen molar-refractivity contribution in [1.29, 1.82) is 5.26 Å². The zero-order chi connectivity index (χ0) is 25.2. The van der Waals surface area contributed by atoms with Gasteiger partial charge in [0, 0.05) is 18.7 Å². The third kappa shape index (κ3) is 9.00. The van der Waals surface area contributed by atoms with Crippen LogP contribution >= 0.6 is 0 Å². The molecule has 2 N–H and O–H groups in total. The highest BCUT2D eigenvalue weighted by Crippen LogP contribution is 2.23. The molecule has 1 aliphatic rings. The third-order valence-electron chi connectivity index (χ3n) is 6.29. The number of nitrogens with zero attached hydrogens (tertiary/aromatic N) is 3. The van der Waals surface area contributed by atoms with Crippen LogP contribution in [0.4, 0.5) is 0 Å². The van der Waals surface area contributed by atoms with Crippen molar-refractivity contribution in [2.24, 2.45) is 22.6 Å². The van der Waals surface area contributed by atoms with E-state index in [9.17, 15) is 9.59 Å². The fraction of sp³-hybridized carbons (Fsp3) is 0.630. The lowest BCUT2D eigenvalue weighted by Gasteiger charge is -2.31. The minimum absolute atomic E-state index is 0.0750. The number of rotatable bonds is 7. The number of carbonyl (C=O) groups is 2. The summed E-state index contributed by atoms with van der Waals surface area (Å²) in [6, 6.07) is 9.71. The molecule has 2 unspecified atom stereocenters. The van der Waals surface area contributed by atoms with Crippen molar-refractivity contribution in [3.8, 4) is 6.07 Å². The number of benzene rings is 1. The highest BCUT2D eigenvalue weighted by Gasteiger charge is 2.29. The van der Waals surface area contributed by atoms with E-state index < -0.39 is 5.54 Å². The van der Waals surface area contributed by atoms with Crippen LogP contribution in [0.15, 0.2) is 29.3 Å². The van der Waals surface area contributed by atoms with Gasteiger partial charge in [0.1, 0.15) is 5.54 Å². The van der Waals surface area contributed by atoms with Crippen LogP contribution in [-0.4, -0.2) is 41.1 Å². The Morgan fingerprint density at radius 2 is 1.85 bits per heavy atom. The maximum Gasteiger partial charge on any atom is 0.253 e. The fourth-order valence-corrected chi connectivity index (χ4v) is 4.19. The Labute approximate surface area is 200 Å². The topological polar surface area (TPSA) is 99.6 Å². The Bertz CT molecular complexity index is 859. The largest absolute Gasteiger partial charge is 0.388 e. The number of piperidine rings is 1. The molecule has 182 valence electrons. The van der Waals surface area contributed by atoms with Crippen LogP contribution in [0.5, 0.6) is 0 Å². The number of nitriles is 1. The standard InChI is InChI=1S/C17H22N2O.C10H20N2O/c1-3-14-7-9-19(10-8-14)17(20)16-6-4-5-15(11-16)13(2)12-18;1-7(2)6-10(5,8(3)13)12-9(4)11/h4-6,11,13-14H,3,7-10H2,1-2H3;7H,6H2,1-5H3,(H2,11,12). The second-order valence-corrected chi connectivity index (χ2v) is 9.80. The lowest BCUT2D eigenvalue weighted by molar-refractivity contribution is -0.121. The van der Waals surface area contributed by atoms with Gasteiger partial charge in [-0.25, -0.2) is 0 Å². The number of amides is 1. The molecule has 1 aliphatic heterocycles. The van der Waals surface area contributed by atoms with Gasteiger partial charge in [-0.05, 0) is 76.5 Å². The van der Waals surface area contributed by atoms with Crippen molar-refractivity contribution in [3.63, 3.8) is 0 Å². The Morgan fingerprint density at radius 3 is 2.30 bits per heavy atom. The Morgan fingerprint density at radius 1 is 1.24 bits per heavy atom. The van der Waals surface area contributed by atoms with Gasteiger partial charge in [0.25, 0.3) is 5.91 Å². The number of amidine groups is 1. The molecule has 0 spiro atoms. The van der Waals surface area contributed by atoms with Gasteiger partial charge in [0.2, 0.25) is 0 Å². The summed E-state index contributed by atoms with van der Waals surface area (Å²) in [5, 5.41) is 8.98. The summed E-state index contributed by atoms with van der Waals surface area (Å²) in [4.78, 5) is 30.0.